The minimum Gasteiger partial charge on any atom is -0.508 e. The van der Waals surface area contributed by atoms with Crippen LogP contribution in [0.1, 0.15) is 5.56 Å². The van der Waals surface area contributed by atoms with Crippen molar-refractivity contribution in [1.29, 1.82) is 0 Å². The predicted molar refractivity (Wildman–Crippen MR) is 85.3 cm³/mol. The van der Waals surface area contributed by atoms with Crippen LogP contribution < -0.4 is 15.5 Å². The van der Waals surface area contributed by atoms with E-state index in [9.17, 15) is 9.90 Å². The van der Waals surface area contributed by atoms with Crippen LogP contribution in [0.3, 0.4) is 0 Å². The normalized spacial score (nSPS) is 10.4. The van der Waals surface area contributed by atoms with Gasteiger partial charge in [-0.2, -0.15) is 5.10 Å². The molecule has 2 aromatic rings. The van der Waals surface area contributed by atoms with Gasteiger partial charge in [0.2, 0.25) is 0 Å². The first kappa shape index (κ1) is 15.4. The maximum Gasteiger partial charge on any atom is 0.259 e. The highest BCUT2D eigenvalue weighted by Gasteiger charge is 2.03. The minimum absolute atomic E-state index is 0.0672. The van der Waals surface area contributed by atoms with Crippen LogP contribution in [0.5, 0.6) is 11.5 Å². The van der Waals surface area contributed by atoms with Crippen molar-refractivity contribution in [3.05, 3.63) is 54.1 Å². The Hall–Kier alpha value is -3.02. The van der Waals surface area contributed by atoms with Crippen molar-refractivity contribution in [2.45, 2.75) is 0 Å². The Bertz CT molecular complexity index is 671. The lowest BCUT2D eigenvalue weighted by Gasteiger charge is -2.09. The molecule has 3 N–H and O–H groups in total. The Morgan fingerprint density at radius 3 is 2.86 bits per heavy atom. The number of phenols is 1. The lowest BCUT2D eigenvalue weighted by molar-refractivity contribution is -0.119. The number of ether oxygens (including phenoxy) is 1. The van der Waals surface area contributed by atoms with Gasteiger partial charge in [0, 0.05) is 0 Å². The third-order valence-electron chi connectivity index (χ3n) is 2.82. The molecule has 0 aliphatic carbocycles. The number of carbonyl (C=O) groups excluding carboxylic acids is 1. The molecule has 0 saturated carbocycles. The van der Waals surface area contributed by atoms with Crippen LogP contribution in [0, 0.1) is 0 Å². The summed E-state index contributed by atoms with van der Waals surface area (Å²) in [6.07, 6.45) is 1.46. The average molecular weight is 299 g/mol. The van der Waals surface area contributed by atoms with Gasteiger partial charge in [-0.05, 0) is 29.8 Å². The fourth-order valence-electron chi connectivity index (χ4n) is 1.79. The van der Waals surface area contributed by atoms with Gasteiger partial charge in [-0.15, -0.1) is 0 Å². The van der Waals surface area contributed by atoms with Gasteiger partial charge in [0.25, 0.3) is 5.91 Å². The molecule has 22 heavy (non-hydrogen) atoms. The van der Waals surface area contributed by atoms with Gasteiger partial charge in [0.1, 0.15) is 11.5 Å². The van der Waals surface area contributed by atoms with Gasteiger partial charge in [0.05, 0.1) is 25.6 Å². The van der Waals surface area contributed by atoms with Crippen molar-refractivity contribution in [1.82, 2.24) is 5.43 Å². The topological polar surface area (TPSA) is 83.0 Å². The van der Waals surface area contributed by atoms with Crippen molar-refractivity contribution >= 4 is 17.8 Å². The Balaban J connectivity index is 1.83. The number of benzene rings is 2. The molecule has 0 bridgehead atoms. The van der Waals surface area contributed by atoms with Gasteiger partial charge in [-0.25, -0.2) is 5.43 Å². The van der Waals surface area contributed by atoms with Crippen molar-refractivity contribution in [2.24, 2.45) is 5.10 Å². The lowest BCUT2D eigenvalue weighted by atomic mass is 10.2. The maximum absolute atomic E-state index is 11.7. The molecule has 6 nitrogen and oxygen atoms in total. The zero-order chi connectivity index (χ0) is 15.8. The summed E-state index contributed by atoms with van der Waals surface area (Å²) in [5, 5.41) is 16.1. The SMILES string of the molecule is COc1ccccc1NCC(=O)N/N=C/c1cccc(O)c1. The summed E-state index contributed by atoms with van der Waals surface area (Å²) < 4.78 is 5.18. The molecule has 114 valence electrons. The Morgan fingerprint density at radius 1 is 1.27 bits per heavy atom. The number of amides is 1. The number of nitrogens with zero attached hydrogens (tertiary/aromatic N) is 1. The fraction of sp³-hybridized carbons (Fsp3) is 0.125. The minimum atomic E-state index is -0.290. The van der Waals surface area contributed by atoms with E-state index in [0.717, 1.165) is 5.69 Å². The molecule has 6 heteroatoms. The van der Waals surface area contributed by atoms with Gasteiger partial charge in [-0.1, -0.05) is 24.3 Å². The van der Waals surface area contributed by atoms with Gasteiger partial charge in [0.15, 0.2) is 0 Å². The molecule has 0 saturated heterocycles. The van der Waals surface area contributed by atoms with Crippen LogP contribution in [0.15, 0.2) is 53.6 Å². The number of rotatable bonds is 6. The molecule has 0 aliphatic heterocycles. The summed E-state index contributed by atoms with van der Waals surface area (Å²) in [6.45, 7) is 0.0672. The number of hydrazone groups is 1. The van der Waals surface area contributed by atoms with E-state index in [4.69, 9.17) is 4.74 Å². The zero-order valence-corrected chi connectivity index (χ0v) is 12.1. The van der Waals surface area contributed by atoms with Crippen molar-refractivity contribution < 1.29 is 14.6 Å². The zero-order valence-electron chi connectivity index (χ0n) is 12.1. The van der Waals surface area contributed by atoms with E-state index >= 15 is 0 Å². The number of methoxy groups -OCH3 is 1. The molecule has 0 radical (unpaired) electrons. The van der Waals surface area contributed by atoms with Gasteiger partial charge < -0.3 is 15.2 Å². The molecular weight excluding hydrogens is 282 g/mol. The number of nitrogens with one attached hydrogen (secondary N) is 2. The first-order valence-electron chi connectivity index (χ1n) is 6.67. The van der Waals surface area contributed by atoms with E-state index in [1.165, 1.54) is 6.21 Å². The molecule has 2 aromatic carbocycles. The van der Waals surface area contributed by atoms with Gasteiger partial charge >= 0.3 is 0 Å². The molecule has 0 aromatic heterocycles. The van der Waals surface area contributed by atoms with Crippen molar-refractivity contribution in [3.63, 3.8) is 0 Å². The molecule has 1 amide bonds. The van der Waals surface area contributed by atoms with E-state index in [2.05, 4.69) is 15.8 Å². The van der Waals surface area contributed by atoms with Gasteiger partial charge in [-0.3, -0.25) is 4.79 Å². The van der Waals surface area contributed by atoms with Crippen LogP contribution in [-0.2, 0) is 4.79 Å². The maximum atomic E-state index is 11.7. The lowest BCUT2D eigenvalue weighted by Crippen LogP contribution is -2.26. The number of anilines is 1. The molecule has 0 aliphatic rings. The van der Waals surface area contributed by atoms with E-state index in [-0.39, 0.29) is 18.2 Å². The molecule has 0 atom stereocenters. The quantitative estimate of drug-likeness (QED) is 0.562. The second-order valence-electron chi connectivity index (χ2n) is 4.44. The first-order valence-corrected chi connectivity index (χ1v) is 6.67. The summed E-state index contributed by atoms with van der Waals surface area (Å²) in [5.74, 6) is 0.522. The fourth-order valence-corrected chi connectivity index (χ4v) is 1.79. The van der Waals surface area contributed by atoms with Crippen molar-refractivity contribution in [2.75, 3.05) is 19.0 Å². The molecule has 2 rings (SSSR count). The molecule has 0 heterocycles. The summed E-state index contributed by atoms with van der Waals surface area (Å²) in [6, 6.07) is 13.9. The van der Waals surface area contributed by atoms with Crippen LogP contribution in [0.25, 0.3) is 0 Å². The van der Waals surface area contributed by atoms with E-state index in [1.54, 1.807) is 37.4 Å². The highest BCUT2D eigenvalue weighted by Crippen LogP contribution is 2.22. The number of carbonyl (C=O) groups is 1. The third kappa shape index (κ3) is 4.52. The van der Waals surface area contributed by atoms with E-state index in [0.29, 0.717) is 11.3 Å². The Kier molecular flexibility index (Phi) is 5.37. The Morgan fingerprint density at radius 2 is 2.09 bits per heavy atom. The van der Waals surface area contributed by atoms with Crippen molar-refractivity contribution in [3.8, 4) is 11.5 Å². The number of hydrogen-bond acceptors (Lipinski definition) is 5. The number of aromatic hydroxyl groups is 1. The molecule has 0 unspecified atom stereocenters. The third-order valence-corrected chi connectivity index (χ3v) is 2.82. The van der Waals surface area contributed by atoms with Crippen LogP contribution >= 0.6 is 0 Å². The summed E-state index contributed by atoms with van der Waals surface area (Å²) in [5.41, 5.74) is 3.83. The molecule has 0 fully saturated rings. The average Bonchev–Trinajstić information content (AvgIpc) is 2.53. The predicted octanol–water partition coefficient (Wildman–Crippen LogP) is 1.96. The largest absolute Gasteiger partial charge is 0.508 e. The molecule has 0 spiro atoms. The van der Waals surface area contributed by atoms with E-state index < -0.39 is 0 Å². The van der Waals surface area contributed by atoms with Crippen LogP contribution in [-0.4, -0.2) is 30.9 Å². The number of para-hydroxylation sites is 2. The highest BCUT2D eigenvalue weighted by molar-refractivity contribution is 5.84. The summed E-state index contributed by atoms with van der Waals surface area (Å²) in [4.78, 5) is 11.7. The summed E-state index contributed by atoms with van der Waals surface area (Å²) >= 11 is 0. The van der Waals surface area contributed by atoms with E-state index in [1.807, 2.05) is 18.2 Å². The highest BCUT2D eigenvalue weighted by atomic mass is 16.5. The standard InChI is InChI=1S/C16H17N3O3/c1-22-15-8-3-2-7-14(15)17-11-16(21)19-18-10-12-5-4-6-13(20)9-12/h2-10,17,20H,11H2,1H3,(H,19,21)/b18-10+. The second-order valence-corrected chi connectivity index (χ2v) is 4.44. The second kappa shape index (κ2) is 7.68. The van der Waals surface area contributed by atoms with Crippen LogP contribution in [0.4, 0.5) is 5.69 Å². The first-order chi connectivity index (χ1) is 10.7. The Labute approximate surface area is 128 Å². The monoisotopic (exact) mass is 299 g/mol. The van der Waals surface area contributed by atoms with Crippen LogP contribution in [0.2, 0.25) is 0 Å². The summed E-state index contributed by atoms with van der Waals surface area (Å²) in [7, 11) is 1.57. The number of phenolic OH excluding ortho intramolecular Hbond substituents is 1. The molecular formula is C16H17N3O3. The number of hydrogen-bond donors (Lipinski definition) is 3. The smallest absolute Gasteiger partial charge is 0.259 e.